The number of ether oxygens (including phenoxy) is 2. The molecule has 0 aliphatic heterocycles. The summed E-state index contributed by atoms with van der Waals surface area (Å²) in [6, 6.07) is 13.6. The maximum absolute atomic E-state index is 12.9. The average molecular weight is 767 g/mol. The van der Waals surface area contributed by atoms with E-state index in [1.807, 2.05) is 30.5 Å². The summed E-state index contributed by atoms with van der Waals surface area (Å²) < 4.78 is 35.9. The molecule has 0 bridgehead atoms. The van der Waals surface area contributed by atoms with Gasteiger partial charge in [-0.15, -0.1) is 0 Å². The summed E-state index contributed by atoms with van der Waals surface area (Å²) in [6.45, 7) is -0.508. The average Bonchev–Trinajstić information content (AvgIpc) is 4.05. The number of aliphatic hydroxyl groups is 4. The van der Waals surface area contributed by atoms with E-state index in [-0.39, 0.29) is 32.2 Å². The molecule has 3 atom stereocenters. The topological polar surface area (TPSA) is 193 Å². The van der Waals surface area contributed by atoms with Gasteiger partial charge < -0.3 is 34.8 Å². The molecule has 0 saturated heterocycles. The summed E-state index contributed by atoms with van der Waals surface area (Å²) in [5.41, 5.74) is 4.01. The molecule has 1 amide bonds. The van der Waals surface area contributed by atoms with E-state index in [0.717, 1.165) is 64.1 Å². The summed E-state index contributed by atoms with van der Waals surface area (Å²) in [5.74, 6) is -0.671. The lowest BCUT2D eigenvalue weighted by Gasteiger charge is -2.28. The molecule has 1 heterocycles. The quantitative estimate of drug-likeness (QED) is 0.106. The van der Waals surface area contributed by atoms with E-state index in [0.29, 0.717) is 29.3 Å². The maximum atomic E-state index is 12.9. The number of benzene rings is 2. The molecule has 2 aliphatic carbocycles. The van der Waals surface area contributed by atoms with Gasteiger partial charge in [0.1, 0.15) is 11.9 Å². The van der Waals surface area contributed by atoms with E-state index >= 15 is 0 Å². The van der Waals surface area contributed by atoms with Gasteiger partial charge in [0.05, 0.1) is 30.2 Å². The molecule has 2 aromatic carbocycles. The third-order valence-corrected chi connectivity index (χ3v) is 10.7. The van der Waals surface area contributed by atoms with Gasteiger partial charge >= 0.3 is 0 Å². The zero-order valence-electron chi connectivity index (χ0n) is 28.2. The number of pyridine rings is 1. The lowest BCUT2D eigenvalue weighted by atomic mass is 9.96. The van der Waals surface area contributed by atoms with E-state index < -0.39 is 52.2 Å². The molecule has 278 valence electrons. The van der Waals surface area contributed by atoms with Gasteiger partial charge in [-0.05, 0) is 92.3 Å². The van der Waals surface area contributed by atoms with Crippen molar-refractivity contribution in [1.82, 2.24) is 9.88 Å². The van der Waals surface area contributed by atoms with Crippen LogP contribution in [0.4, 0.5) is 0 Å². The van der Waals surface area contributed by atoms with Crippen molar-refractivity contribution in [2.45, 2.75) is 88.0 Å². The van der Waals surface area contributed by atoms with Crippen LogP contribution in [0.2, 0.25) is 10.0 Å². The number of carbonyl (C=O) groups is 1. The molecule has 5 rings (SSSR count). The molecule has 0 radical (unpaired) electrons. The first kappa shape index (κ1) is 39.4. The van der Waals surface area contributed by atoms with Gasteiger partial charge in [-0.25, -0.2) is 13.6 Å². The van der Waals surface area contributed by atoms with Crippen molar-refractivity contribution in [2.24, 2.45) is 5.14 Å². The monoisotopic (exact) mass is 765 g/mol. The third kappa shape index (κ3) is 10.6. The Morgan fingerprint density at radius 1 is 1.02 bits per heavy atom. The van der Waals surface area contributed by atoms with Crippen LogP contribution in [0.5, 0.6) is 5.75 Å². The van der Waals surface area contributed by atoms with E-state index in [2.05, 4.69) is 11.1 Å². The van der Waals surface area contributed by atoms with Gasteiger partial charge in [-0.3, -0.25) is 9.78 Å². The minimum Gasteiger partial charge on any atom is -0.490 e. The van der Waals surface area contributed by atoms with Crippen molar-refractivity contribution in [2.75, 3.05) is 25.4 Å². The minimum atomic E-state index is -3.93. The fraction of sp³-hybridized carbons (Fsp3) is 0.500. The molecule has 0 spiro atoms. The summed E-state index contributed by atoms with van der Waals surface area (Å²) >= 11 is 13.4. The number of para-hydroxylation sites is 1. The Morgan fingerprint density at radius 2 is 1.73 bits per heavy atom. The second kappa shape index (κ2) is 17.3. The largest absolute Gasteiger partial charge is 0.490 e. The maximum Gasteiger partial charge on any atom is 0.254 e. The first-order valence-corrected chi connectivity index (χ1v) is 19.5. The number of nitrogens with two attached hydrogens (primary N) is 1. The van der Waals surface area contributed by atoms with Crippen LogP contribution in [0.3, 0.4) is 0 Å². The van der Waals surface area contributed by atoms with Crippen molar-refractivity contribution in [3.63, 3.8) is 0 Å². The number of sulfonamides is 1. The first-order chi connectivity index (χ1) is 24.3. The van der Waals surface area contributed by atoms with Gasteiger partial charge in [-0.2, -0.15) is 0 Å². The van der Waals surface area contributed by atoms with Crippen LogP contribution in [-0.4, -0.2) is 94.5 Å². The Bertz CT molecular complexity index is 1770. The van der Waals surface area contributed by atoms with Crippen molar-refractivity contribution in [3.05, 3.63) is 81.6 Å². The summed E-state index contributed by atoms with van der Waals surface area (Å²) in [5, 5.41) is 45.5. The highest BCUT2D eigenvalue weighted by atomic mass is 35.5. The van der Waals surface area contributed by atoms with Gasteiger partial charge in [0.25, 0.3) is 5.91 Å². The van der Waals surface area contributed by atoms with Crippen LogP contribution < -0.4 is 9.88 Å². The zero-order valence-corrected chi connectivity index (χ0v) is 30.5. The molecule has 2 fully saturated rings. The number of primary sulfonamides is 1. The van der Waals surface area contributed by atoms with Crippen molar-refractivity contribution < 1.29 is 43.1 Å². The molecule has 3 unspecified atom stereocenters. The number of halogens is 2. The van der Waals surface area contributed by atoms with Gasteiger partial charge in [0.15, 0.2) is 6.10 Å². The highest BCUT2D eigenvalue weighted by molar-refractivity contribution is 7.89. The number of unbranched alkanes of at least 4 members (excludes halogenated alkanes) is 1. The third-order valence-electron chi connectivity index (χ3n) is 9.21. The minimum absolute atomic E-state index is 0.0428. The van der Waals surface area contributed by atoms with Crippen LogP contribution in [0.25, 0.3) is 11.1 Å². The number of aryl methyl sites for hydroxylation is 1. The van der Waals surface area contributed by atoms with Crippen LogP contribution in [-0.2, 0) is 38.2 Å². The van der Waals surface area contributed by atoms with Crippen molar-refractivity contribution in [3.8, 4) is 16.9 Å². The van der Waals surface area contributed by atoms with Gasteiger partial charge in [0.2, 0.25) is 10.0 Å². The Kier molecular flexibility index (Phi) is 13.4. The normalized spacial score (nSPS) is 17.1. The highest BCUT2D eigenvalue weighted by Gasteiger charge is 2.48. The highest BCUT2D eigenvalue weighted by Crippen LogP contribution is 2.53. The number of hydrogen-bond donors (Lipinski definition) is 5. The van der Waals surface area contributed by atoms with Gasteiger partial charge in [-0.1, -0.05) is 41.4 Å². The molecular formula is C36H45Cl2N3O9S. The number of amides is 1. The summed E-state index contributed by atoms with van der Waals surface area (Å²) in [7, 11) is -3.93. The first-order valence-electron chi connectivity index (χ1n) is 17.1. The Balaban J connectivity index is 1.20. The standard InChI is InChI=1S/C36H45Cl2N3O9S/c37-29-20-24(22-49-36(12-13-36)28-21-40-14-10-26(28)27-6-1-2-7-32(27)50-25-8-9-25)30(38)19-23(29)5-3-4-15-41(16-18-51(39,47)48)35(46)34(45)33(44)31(43)11-17-42/h1-2,6-7,10,14,19-21,25,31,33-34,42-45H,3-5,8-9,11-13,15-18,22H2,(H2,39,47,48). The Labute approximate surface area is 308 Å². The van der Waals surface area contributed by atoms with Crippen LogP contribution in [0.15, 0.2) is 54.9 Å². The van der Waals surface area contributed by atoms with E-state index in [4.69, 9.17) is 42.9 Å². The predicted octanol–water partition coefficient (Wildman–Crippen LogP) is 3.71. The van der Waals surface area contributed by atoms with Crippen molar-refractivity contribution >= 4 is 39.1 Å². The smallest absolute Gasteiger partial charge is 0.254 e. The molecule has 3 aromatic rings. The molecule has 15 heteroatoms. The number of hydrogen-bond acceptors (Lipinski definition) is 10. The van der Waals surface area contributed by atoms with Crippen LogP contribution >= 0.6 is 23.2 Å². The number of aromatic nitrogens is 1. The SMILES string of the molecule is NS(=O)(=O)CCN(CCCCc1cc(Cl)c(COC2(c3cnccc3-c3ccccc3OC3CC3)CC2)cc1Cl)C(=O)C(O)C(O)C(O)CCO. The van der Waals surface area contributed by atoms with Crippen molar-refractivity contribution in [1.29, 1.82) is 0 Å². The number of carbonyl (C=O) groups excluding carboxylic acids is 1. The fourth-order valence-electron chi connectivity index (χ4n) is 5.94. The second-order valence-electron chi connectivity index (χ2n) is 13.2. The Morgan fingerprint density at radius 3 is 2.41 bits per heavy atom. The fourth-order valence-corrected chi connectivity index (χ4v) is 6.93. The summed E-state index contributed by atoms with van der Waals surface area (Å²) in [4.78, 5) is 18.4. The molecule has 2 aliphatic rings. The predicted molar refractivity (Wildman–Crippen MR) is 193 cm³/mol. The zero-order chi connectivity index (χ0) is 36.8. The van der Waals surface area contributed by atoms with Crippen LogP contribution in [0, 0.1) is 0 Å². The number of rotatable bonds is 20. The Hall–Kier alpha value is -2.85. The summed E-state index contributed by atoms with van der Waals surface area (Å²) in [6.07, 6.45) is 3.39. The van der Waals surface area contributed by atoms with E-state index in [1.54, 1.807) is 18.3 Å². The lowest BCUT2D eigenvalue weighted by Crippen LogP contribution is -2.50. The van der Waals surface area contributed by atoms with Crippen LogP contribution in [0.1, 0.15) is 61.6 Å². The molecule has 2 saturated carbocycles. The number of nitrogens with zero attached hydrogens (tertiary/aromatic N) is 2. The molecule has 12 nitrogen and oxygen atoms in total. The van der Waals surface area contributed by atoms with E-state index in [1.165, 1.54) is 0 Å². The lowest BCUT2D eigenvalue weighted by molar-refractivity contribution is -0.151. The molecular weight excluding hydrogens is 721 g/mol. The molecule has 6 N–H and O–H groups in total. The second-order valence-corrected chi connectivity index (χ2v) is 15.8. The van der Waals surface area contributed by atoms with E-state index in [9.17, 15) is 28.5 Å². The van der Waals surface area contributed by atoms with Gasteiger partial charge in [0, 0.05) is 53.3 Å². The number of aliphatic hydroxyl groups excluding tert-OH is 4. The molecule has 1 aromatic heterocycles. The molecule has 51 heavy (non-hydrogen) atoms.